The minimum absolute atomic E-state index is 0.111. The Bertz CT molecular complexity index is 1370. The van der Waals surface area contributed by atoms with Gasteiger partial charge in [-0.3, -0.25) is 4.98 Å². The van der Waals surface area contributed by atoms with Gasteiger partial charge in [0, 0.05) is 30.6 Å². The van der Waals surface area contributed by atoms with Gasteiger partial charge in [-0.2, -0.15) is 18.4 Å². The summed E-state index contributed by atoms with van der Waals surface area (Å²) in [4.78, 5) is 4.50. The van der Waals surface area contributed by atoms with Gasteiger partial charge in [0.2, 0.25) is 0 Å². The Morgan fingerprint density at radius 3 is 2.28 bits per heavy atom. The second kappa shape index (κ2) is 6.96. The Balaban J connectivity index is 2.07. The fourth-order valence-electron chi connectivity index (χ4n) is 5.33. The van der Waals surface area contributed by atoms with Gasteiger partial charge in [-0.1, -0.05) is 6.08 Å². The number of aromatic nitrogens is 2. The van der Waals surface area contributed by atoms with Crippen LogP contribution in [0, 0.1) is 45.9 Å². The maximum Gasteiger partial charge on any atom is 0.401 e. The first-order valence-electron chi connectivity index (χ1n) is 10.6. The molecule has 1 atom stereocenters. The maximum absolute atomic E-state index is 15.0. The maximum atomic E-state index is 15.0. The van der Waals surface area contributed by atoms with Gasteiger partial charge in [-0.15, -0.1) is 0 Å². The number of rotatable bonds is 2. The summed E-state index contributed by atoms with van der Waals surface area (Å²) in [5.74, 6) is 0. The van der Waals surface area contributed by atoms with Gasteiger partial charge in [0.05, 0.1) is 22.5 Å². The number of alkyl halides is 3. The fraction of sp³-hybridized carbons (Fsp3) is 0.385. The van der Waals surface area contributed by atoms with E-state index in [0.717, 1.165) is 16.6 Å². The normalized spacial score (nSPS) is 15.5. The number of allylic oxidation sites excluding steroid dienone is 1. The molecule has 2 heterocycles. The highest BCUT2D eigenvalue weighted by Gasteiger charge is 2.56. The highest BCUT2D eigenvalue weighted by atomic mass is 19.4. The molecule has 0 radical (unpaired) electrons. The number of hydrogen-bond acceptors (Lipinski definition) is 2. The Hall–Kier alpha value is -3.07. The number of fused-ring (bicyclic) bond motifs is 2. The van der Waals surface area contributed by atoms with Crippen LogP contribution in [0.3, 0.4) is 0 Å². The van der Waals surface area contributed by atoms with Gasteiger partial charge in [-0.25, -0.2) is 0 Å². The molecule has 1 aromatic carbocycles. The molecule has 0 aliphatic heterocycles. The molecule has 0 fully saturated rings. The van der Waals surface area contributed by atoms with E-state index in [1.165, 1.54) is 6.92 Å². The summed E-state index contributed by atoms with van der Waals surface area (Å²) in [5.41, 5.74) is 4.66. The van der Waals surface area contributed by atoms with Crippen LogP contribution in [-0.2, 0) is 18.9 Å². The zero-order chi connectivity index (χ0) is 23.7. The highest BCUT2D eigenvalue weighted by Crippen LogP contribution is 2.53. The molecule has 0 bridgehead atoms. The third kappa shape index (κ3) is 2.76. The second-order valence-corrected chi connectivity index (χ2v) is 9.08. The summed E-state index contributed by atoms with van der Waals surface area (Å²) >= 11 is 0. The van der Waals surface area contributed by atoms with Gasteiger partial charge >= 0.3 is 6.18 Å². The molecule has 4 rings (SSSR count). The molecule has 3 aromatic rings. The smallest absolute Gasteiger partial charge is 0.350 e. The molecule has 0 amide bonds. The topological polar surface area (TPSA) is 41.6 Å². The molecule has 1 aliphatic carbocycles. The van der Waals surface area contributed by atoms with Gasteiger partial charge in [0.1, 0.15) is 11.5 Å². The molecule has 0 N–H and O–H groups in total. The fourth-order valence-corrected chi connectivity index (χ4v) is 5.33. The lowest BCUT2D eigenvalue weighted by atomic mass is 9.70. The Labute approximate surface area is 186 Å². The van der Waals surface area contributed by atoms with E-state index in [4.69, 9.17) is 0 Å². The first-order valence-corrected chi connectivity index (χ1v) is 10.6. The van der Waals surface area contributed by atoms with Gasteiger partial charge < -0.3 is 4.57 Å². The zero-order valence-corrected chi connectivity index (χ0v) is 19.4. The lowest BCUT2D eigenvalue weighted by Gasteiger charge is -2.37. The van der Waals surface area contributed by atoms with Crippen LogP contribution < -0.4 is 0 Å². The molecule has 1 unspecified atom stereocenters. The van der Waals surface area contributed by atoms with Crippen LogP contribution in [0.2, 0.25) is 0 Å². The Morgan fingerprint density at radius 1 is 1.03 bits per heavy atom. The summed E-state index contributed by atoms with van der Waals surface area (Å²) in [6.45, 7) is 10.5. The molecular formula is C26H26F3N3. The van der Waals surface area contributed by atoms with Crippen molar-refractivity contribution in [2.45, 2.75) is 59.6 Å². The van der Waals surface area contributed by atoms with E-state index in [-0.39, 0.29) is 12.0 Å². The Morgan fingerprint density at radius 2 is 1.69 bits per heavy atom. The zero-order valence-electron chi connectivity index (χ0n) is 19.4. The van der Waals surface area contributed by atoms with Crippen molar-refractivity contribution in [2.24, 2.45) is 7.05 Å². The summed E-state index contributed by atoms with van der Waals surface area (Å²) in [5, 5.41) is 10.1. The van der Waals surface area contributed by atoms with Crippen LogP contribution in [0.5, 0.6) is 0 Å². The summed E-state index contributed by atoms with van der Waals surface area (Å²) < 4.78 is 46.9. The third-order valence-electron chi connectivity index (χ3n) is 7.45. The third-order valence-corrected chi connectivity index (χ3v) is 7.45. The summed E-state index contributed by atoms with van der Waals surface area (Å²) in [7, 11) is 1.86. The first-order chi connectivity index (χ1) is 14.8. The van der Waals surface area contributed by atoms with Crippen molar-refractivity contribution in [3.63, 3.8) is 0 Å². The molecule has 0 saturated carbocycles. The quantitative estimate of drug-likeness (QED) is 0.462. The average molecular weight is 438 g/mol. The summed E-state index contributed by atoms with van der Waals surface area (Å²) in [6.07, 6.45) is -0.964. The van der Waals surface area contributed by atoms with E-state index in [0.29, 0.717) is 44.6 Å². The largest absolute Gasteiger partial charge is 0.401 e. The predicted molar refractivity (Wildman–Crippen MR) is 121 cm³/mol. The van der Waals surface area contributed by atoms with Crippen molar-refractivity contribution < 1.29 is 13.2 Å². The molecule has 1 aliphatic rings. The van der Waals surface area contributed by atoms with Gasteiger partial charge in [0.15, 0.2) is 0 Å². The monoisotopic (exact) mass is 437 g/mol. The number of nitriles is 1. The SMILES string of the molecule is Cc1nc2c(c(C)c1C#N)C=C(C(C)(c1c(C)c(C)c(C)c3c1ccn3C)C(F)(F)F)C2. The Kier molecular flexibility index (Phi) is 4.82. The molecule has 0 saturated heterocycles. The summed E-state index contributed by atoms with van der Waals surface area (Å²) in [6, 6.07) is 3.93. The molecule has 32 heavy (non-hydrogen) atoms. The minimum Gasteiger partial charge on any atom is -0.350 e. The van der Waals surface area contributed by atoms with Crippen molar-refractivity contribution in [3.8, 4) is 6.07 Å². The van der Waals surface area contributed by atoms with Crippen LogP contribution in [0.1, 0.15) is 57.3 Å². The van der Waals surface area contributed by atoms with Crippen LogP contribution >= 0.6 is 0 Å². The average Bonchev–Trinajstić information content (AvgIpc) is 3.30. The first kappa shape index (κ1) is 22.1. The van der Waals surface area contributed by atoms with E-state index in [2.05, 4.69) is 11.1 Å². The lowest BCUT2D eigenvalue weighted by molar-refractivity contribution is -0.174. The molecule has 6 heteroatoms. The number of hydrogen-bond donors (Lipinski definition) is 0. The lowest BCUT2D eigenvalue weighted by Crippen LogP contribution is -2.42. The van der Waals surface area contributed by atoms with Crippen LogP contribution in [0.25, 0.3) is 17.0 Å². The van der Waals surface area contributed by atoms with E-state index >= 15 is 13.2 Å². The van der Waals surface area contributed by atoms with E-state index in [9.17, 15) is 5.26 Å². The van der Waals surface area contributed by atoms with E-state index < -0.39 is 11.6 Å². The van der Waals surface area contributed by atoms with Crippen molar-refractivity contribution in [1.29, 1.82) is 5.26 Å². The van der Waals surface area contributed by atoms with Crippen molar-refractivity contribution in [2.75, 3.05) is 0 Å². The van der Waals surface area contributed by atoms with E-state index in [1.807, 2.05) is 31.7 Å². The number of nitrogens with zero attached hydrogens (tertiary/aromatic N) is 3. The standard InChI is InChI=1S/C26H26F3N3/c1-13-14(2)23(19-8-9-32(7)24(19)15(13)3)25(6,26(27,28)29)18-10-20-16(4)21(12-30)17(5)31-22(20)11-18/h8-10H,11H2,1-7H3. The molecule has 0 spiro atoms. The molecule has 2 aromatic heterocycles. The highest BCUT2D eigenvalue weighted by molar-refractivity contribution is 5.91. The van der Waals surface area contributed by atoms with Crippen LogP contribution in [0.15, 0.2) is 17.8 Å². The van der Waals surface area contributed by atoms with Gasteiger partial charge in [-0.05, 0) is 81.0 Å². The number of halogens is 3. The van der Waals surface area contributed by atoms with Crippen molar-refractivity contribution in [3.05, 3.63) is 68.2 Å². The molecule has 166 valence electrons. The van der Waals surface area contributed by atoms with Gasteiger partial charge in [0.25, 0.3) is 0 Å². The van der Waals surface area contributed by atoms with Crippen LogP contribution in [-0.4, -0.2) is 15.7 Å². The number of aryl methyl sites for hydroxylation is 3. The van der Waals surface area contributed by atoms with Crippen molar-refractivity contribution in [1.82, 2.24) is 9.55 Å². The minimum atomic E-state index is -4.52. The number of pyridine rings is 1. The van der Waals surface area contributed by atoms with E-state index in [1.54, 1.807) is 32.9 Å². The predicted octanol–water partition coefficient (Wildman–Crippen LogP) is 6.45. The molecular weight excluding hydrogens is 411 g/mol. The van der Waals surface area contributed by atoms with Crippen molar-refractivity contribution >= 4 is 17.0 Å². The number of benzene rings is 1. The van der Waals surface area contributed by atoms with Crippen LogP contribution in [0.4, 0.5) is 13.2 Å². The second-order valence-electron chi connectivity index (χ2n) is 9.08. The molecule has 3 nitrogen and oxygen atoms in total.